The Morgan fingerprint density at radius 1 is 1.03 bits per heavy atom. The predicted octanol–water partition coefficient (Wildman–Crippen LogP) is 3.67. The van der Waals surface area contributed by atoms with Crippen LogP contribution in [0.15, 0.2) is 48.5 Å². The van der Waals surface area contributed by atoms with Crippen LogP contribution in [0.25, 0.3) is 11.3 Å². The fraction of sp³-hybridized carbons (Fsp3) is 0.391. The van der Waals surface area contributed by atoms with Gasteiger partial charge in [-0.2, -0.15) is 15.4 Å². The molecular weight excluding hydrogens is 380 g/mol. The first-order valence-electron chi connectivity index (χ1n) is 10.3. The van der Waals surface area contributed by atoms with Crippen LogP contribution in [-0.2, 0) is 17.8 Å². The van der Waals surface area contributed by atoms with E-state index in [0.29, 0.717) is 13.1 Å². The summed E-state index contributed by atoms with van der Waals surface area (Å²) in [5, 5.41) is 11.6. The van der Waals surface area contributed by atoms with Gasteiger partial charge in [0, 0.05) is 37.4 Å². The van der Waals surface area contributed by atoms with Crippen LogP contribution in [-0.4, -0.2) is 53.8 Å². The van der Waals surface area contributed by atoms with Gasteiger partial charge >= 0.3 is 0 Å². The first-order chi connectivity index (χ1) is 14.8. The summed E-state index contributed by atoms with van der Waals surface area (Å²) in [6.45, 7) is 3.00. The Bertz CT molecular complexity index is 939. The lowest BCUT2D eigenvalue weighted by Gasteiger charge is -2.26. The Hall–Kier alpha value is -2.90. The maximum absolute atomic E-state index is 5.92. The number of hydrogen-bond acceptors (Lipinski definition) is 6. The zero-order valence-corrected chi connectivity index (χ0v) is 17.5. The molecule has 1 aliphatic heterocycles. The van der Waals surface area contributed by atoms with E-state index in [9.17, 15) is 0 Å². The van der Waals surface area contributed by atoms with Gasteiger partial charge in [0.25, 0.3) is 0 Å². The van der Waals surface area contributed by atoms with E-state index in [1.807, 2.05) is 30.3 Å². The van der Waals surface area contributed by atoms with Crippen LogP contribution in [0.2, 0.25) is 0 Å². The van der Waals surface area contributed by atoms with Crippen LogP contribution < -0.4 is 9.47 Å². The second-order valence-electron chi connectivity index (χ2n) is 7.44. The minimum atomic E-state index is 0.230. The molecule has 1 saturated heterocycles. The van der Waals surface area contributed by atoms with E-state index in [1.165, 1.54) is 0 Å². The molecule has 2 aromatic carbocycles. The molecule has 30 heavy (non-hydrogen) atoms. The number of ether oxygens (including phenoxy) is 3. The third-order valence-electron chi connectivity index (χ3n) is 5.40. The molecule has 0 amide bonds. The fourth-order valence-corrected chi connectivity index (χ4v) is 3.98. The van der Waals surface area contributed by atoms with E-state index >= 15 is 0 Å². The molecule has 1 atom stereocenters. The number of nitrogens with one attached hydrogen (secondary N) is 1. The number of hydrogen-bond donors (Lipinski definition) is 1. The smallest absolute Gasteiger partial charge is 0.165 e. The predicted molar refractivity (Wildman–Crippen MR) is 114 cm³/mol. The van der Waals surface area contributed by atoms with Gasteiger partial charge in [0.15, 0.2) is 11.5 Å². The fourth-order valence-electron chi connectivity index (χ4n) is 3.98. The summed E-state index contributed by atoms with van der Waals surface area (Å²) >= 11 is 0. The highest BCUT2D eigenvalue weighted by Crippen LogP contribution is 2.32. The monoisotopic (exact) mass is 408 g/mol. The lowest BCUT2D eigenvalue weighted by atomic mass is 10.1. The van der Waals surface area contributed by atoms with E-state index in [4.69, 9.17) is 14.2 Å². The minimum Gasteiger partial charge on any atom is -0.493 e. The molecule has 0 radical (unpaired) electrons. The van der Waals surface area contributed by atoms with Gasteiger partial charge in [-0.3, -0.25) is 4.90 Å². The lowest BCUT2D eigenvalue weighted by molar-refractivity contribution is 0.0672. The van der Waals surface area contributed by atoms with Gasteiger partial charge in [-0.15, -0.1) is 0 Å². The van der Waals surface area contributed by atoms with Crippen molar-refractivity contribution in [1.82, 2.24) is 20.3 Å². The van der Waals surface area contributed by atoms with Crippen molar-refractivity contribution in [3.05, 3.63) is 59.8 Å². The molecule has 3 aromatic rings. The van der Waals surface area contributed by atoms with E-state index in [0.717, 1.165) is 60.0 Å². The number of nitrogens with zero attached hydrogens (tertiary/aromatic N) is 3. The van der Waals surface area contributed by atoms with E-state index < -0.39 is 0 Å². The number of aromatic amines is 1. The van der Waals surface area contributed by atoms with Crippen molar-refractivity contribution in [2.75, 3.05) is 27.4 Å². The molecule has 7 nitrogen and oxygen atoms in total. The summed E-state index contributed by atoms with van der Waals surface area (Å²) in [5.41, 5.74) is 3.92. The Labute approximate surface area is 177 Å². The highest BCUT2D eigenvalue weighted by molar-refractivity contribution is 5.60. The zero-order valence-electron chi connectivity index (χ0n) is 17.5. The summed E-state index contributed by atoms with van der Waals surface area (Å²) in [6.07, 6.45) is 2.42. The van der Waals surface area contributed by atoms with Crippen LogP contribution >= 0.6 is 0 Å². The molecule has 0 bridgehead atoms. The normalized spacial score (nSPS) is 16.2. The summed E-state index contributed by atoms with van der Waals surface area (Å²) in [5.74, 6) is 1.50. The molecule has 0 saturated carbocycles. The zero-order chi connectivity index (χ0) is 20.8. The van der Waals surface area contributed by atoms with Crippen molar-refractivity contribution >= 4 is 0 Å². The van der Waals surface area contributed by atoms with Gasteiger partial charge in [-0.05, 0) is 18.9 Å². The van der Waals surface area contributed by atoms with Crippen molar-refractivity contribution in [1.29, 1.82) is 0 Å². The summed E-state index contributed by atoms with van der Waals surface area (Å²) in [4.78, 5) is 2.34. The summed E-state index contributed by atoms with van der Waals surface area (Å²) in [7, 11) is 3.34. The number of rotatable bonds is 9. The van der Waals surface area contributed by atoms with Gasteiger partial charge in [-0.25, -0.2) is 0 Å². The average Bonchev–Trinajstić information content (AvgIpc) is 3.46. The molecule has 0 spiro atoms. The van der Waals surface area contributed by atoms with Crippen LogP contribution in [0.4, 0.5) is 0 Å². The van der Waals surface area contributed by atoms with Crippen molar-refractivity contribution in [2.24, 2.45) is 0 Å². The van der Waals surface area contributed by atoms with Crippen LogP contribution in [0.3, 0.4) is 0 Å². The quantitative estimate of drug-likeness (QED) is 0.582. The van der Waals surface area contributed by atoms with E-state index in [2.05, 4.69) is 38.5 Å². The Balaban J connectivity index is 1.59. The van der Waals surface area contributed by atoms with E-state index in [-0.39, 0.29) is 6.10 Å². The first kappa shape index (κ1) is 20.4. The minimum absolute atomic E-state index is 0.230. The number of H-pyrrole nitrogens is 1. The number of methoxy groups -OCH3 is 2. The number of aromatic nitrogens is 3. The molecule has 0 aliphatic carbocycles. The Morgan fingerprint density at radius 2 is 1.90 bits per heavy atom. The van der Waals surface area contributed by atoms with Crippen LogP contribution in [0.1, 0.15) is 24.1 Å². The standard InChI is InChI=1S/C23H28N4O3/c1-28-21-12-6-10-18(23(21)29-2)14-27(15-19-11-7-13-30-19)16-20-22(25-26-24-20)17-8-4-3-5-9-17/h3-6,8-10,12,19H,7,11,13-16H2,1-2H3,(H,24,25,26)/t19-/m0/s1. The maximum atomic E-state index is 5.92. The topological polar surface area (TPSA) is 72.5 Å². The van der Waals surface area contributed by atoms with E-state index in [1.54, 1.807) is 14.2 Å². The highest BCUT2D eigenvalue weighted by atomic mass is 16.5. The lowest BCUT2D eigenvalue weighted by Crippen LogP contribution is -2.32. The second-order valence-corrected chi connectivity index (χ2v) is 7.44. The summed E-state index contributed by atoms with van der Waals surface area (Å²) in [6, 6.07) is 16.1. The average molecular weight is 409 g/mol. The Kier molecular flexibility index (Phi) is 6.61. The first-order valence-corrected chi connectivity index (χ1v) is 10.3. The van der Waals surface area contributed by atoms with Crippen molar-refractivity contribution < 1.29 is 14.2 Å². The highest BCUT2D eigenvalue weighted by Gasteiger charge is 2.23. The van der Waals surface area contributed by atoms with Crippen molar-refractivity contribution in [2.45, 2.75) is 32.0 Å². The molecule has 7 heteroatoms. The van der Waals surface area contributed by atoms with Crippen LogP contribution in [0.5, 0.6) is 11.5 Å². The maximum Gasteiger partial charge on any atom is 0.165 e. The SMILES string of the molecule is COc1cccc(CN(Cc2n[nH]nc2-c2ccccc2)C[C@@H]2CCCO2)c1OC. The molecule has 1 N–H and O–H groups in total. The molecule has 158 valence electrons. The summed E-state index contributed by atoms with van der Waals surface area (Å²) < 4.78 is 17.0. The Morgan fingerprint density at radius 3 is 2.63 bits per heavy atom. The second kappa shape index (κ2) is 9.73. The molecule has 1 aliphatic rings. The molecule has 2 heterocycles. The number of benzene rings is 2. The molecule has 1 aromatic heterocycles. The van der Waals surface area contributed by atoms with Crippen molar-refractivity contribution in [3.8, 4) is 22.8 Å². The van der Waals surface area contributed by atoms with Gasteiger partial charge in [0.1, 0.15) is 11.4 Å². The van der Waals surface area contributed by atoms with Crippen molar-refractivity contribution in [3.63, 3.8) is 0 Å². The van der Waals surface area contributed by atoms with Gasteiger partial charge < -0.3 is 14.2 Å². The molecule has 0 unspecified atom stereocenters. The van der Waals surface area contributed by atoms with Gasteiger partial charge in [0.2, 0.25) is 0 Å². The van der Waals surface area contributed by atoms with Gasteiger partial charge in [0.05, 0.1) is 20.3 Å². The van der Waals surface area contributed by atoms with Gasteiger partial charge in [-0.1, -0.05) is 42.5 Å². The molecule has 4 rings (SSSR count). The molecule has 1 fully saturated rings. The molecular formula is C23H28N4O3. The third-order valence-corrected chi connectivity index (χ3v) is 5.40. The largest absolute Gasteiger partial charge is 0.493 e. The third kappa shape index (κ3) is 4.63. The van der Waals surface area contributed by atoms with Crippen LogP contribution in [0, 0.1) is 0 Å². The number of para-hydroxylation sites is 1.